The molecule has 20 heavy (non-hydrogen) atoms. The van der Waals surface area contributed by atoms with E-state index in [2.05, 4.69) is 17.2 Å². The van der Waals surface area contributed by atoms with E-state index in [0.29, 0.717) is 18.8 Å². The molecule has 0 saturated carbocycles. The van der Waals surface area contributed by atoms with Gasteiger partial charge < -0.3 is 20.3 Å². The number of allylic oxidation sites excluding steroid dienone is 1. The lowest BCUT2D eigenvalue weighted by Crippen LogP contribution is -2.49. The monoisotopic (exact) mass is 283 g/mol. The van der Waals surface area contributed by atoms with E-state index in [9.17, 15) is 9.59 Å². The largest absolute Gasteiger partial charge is 0.444 e. The predicted molar refractivity (Wildman–Crippen MR) is 77.3 cm³/mol. The zero-order valence-corrected chi connectivity index (χ0v) is 12.8. The van der Waals surface area contributed by atoms with Crippen LogP contribution in [-0.2, 0) is 4.74 Å². The average Bonchev–Trinajstić information content (AvgIpc) is 2.26. The molecule has 0 aromatic carbocycles. The van der Waals surface area contributed by atoms with Gasteiger partial charge in [-0.05, 0) is 40.5 Å². The molecule has 3 amide bonds. The molecular weight excluding hydrogens is 258 g/mol. The lowest BCUT2D eigenvalue weighted by atomic mass is 10.1. The van der Waals surface area contributed by atoms with Crippen molar-refractivity contribution in [1.29, 1.82) is 0 Å². The first-order valence-electron chi connectivity index (χ1n) is 6.88. The van der Waals surface area contributed by atoms with Crippen LogP contribution in [0.4, 0.5) is 9.59 Å². The maximum Gasteiger partial charge on any atom is 0.410 e. The van der Waals surface area contributed by atoms with Crippen LogP contribution in [0.15, 0.2) is 12.3 Å². The van der Waals surface area contributed by atoms with Gasteiger partial charge in [0.15, 0.2) is 0 Å². The Morgan fingerprint density at radius 1 is 1.25 bits per heavy atom. The topological polar surface area (TPSA) is 70.7 Å². The molecule has 0 aromatic heterocycles. The van der Waals surface area contributed by atoms with Crippen molar-refractivity contribution in [1.82, 2.24) is 15.5 Å². The minimum Gasteiger partial charge on any atom is -0.444 e. The van der Waals surface area contributed by atoms with Gasteiger partial charge in [-0.2, -0.15) is 0 Å². The zero-order valence-electron chi connectivity index (χ0n) is 12.8. The number of nitrogens with zero attached hydrogens (tertiary/aromatic N) is 1. The van der Waals surface area contributed by atoms with E-state index in [-0.39, 0.29) is 18.2 Å². The Kier molecular flexibility index (Phi) is 5.42. The molecular formula is C14H25N3O3. The molecule has 0 aromatic rings. The summed E-state index contributed by atoms with van der Waals surface area (Å²) in [5.41, 5.74) is 0.127. The summed E-state index contributed by atoms with van der Waals surface area (Å²) in [6.45, 7) is 12.1. The number of hydrogen-bond donors (Lipinski definition) is 2. The third-order valence-electron chi connectivity index (χ3n) is 2.81. The van der Waals surface area contributed by atoms with Crippen LogP contribution in [0.5, 0.6) is 0 Å². The number of nitrogens with one attached hydrogen (secondary N) is 2. The molecule has 0 aliphatic carbocycles. The molecule has 114 valence electrons. The fourth-order valence-electron chi connectivity index (χ4n) is 1.95. The Hall–Kier alpha value is -1.72. The SMILES string of the molecule is C=C(C)NC(=O)NC1CCN(C(=O)OC(C)(C)C)CC1. The minimum absolute atomic E-state index is 0.0769. The van der Waals surface area contributed by atoms with Crippen molar-refractivity contribution in [3.63, 3.8) is 0 Å². The standard InChI is InChI=1S/C14H25N3O3/c1-10(2)15-12(18)16-11-6-8-17(9-7-11)13(19)20-14(3,4)5/h11H,1,6-9H2,2-5H3,(H2,15,16,18). The molecule has 1 fully saturated rings. The lowest BCUT2D eigenvalue weighted by Gasteiger charge is -2.33. The van der Waals surface area contributed by atoms with Crippen LogP contribution in [0, 0.1) is 0 Å². The first kappa shape index (κ1) is 16.3. The number of amides is 3. The highest BCUT2D eigenvalue weighted by Gasteiger charge is 2.27. The zero-order chi connectivity index (χ0) is 15.3. The van der Waals surface area contributed by atoms with Crippen molar-refractivity contribution in [2.45, 2.75) is 52.2 Å². The number of likely N-dealkylation sites (tertiary alicyclic amines) is 1. The summed E-state index contributed by atoms with van der Waals surface area (Å²) in [6, 6.07) is -0.166. The lowest BCUT2D eigenvalue weighted by molar-refractivity contribution is 0.0201. The van der Waals surface area contributed by atoms with Gasteiger partial charge in [0.2, 0.25) is 0 Å². The summed E-state index contributed by atoms with van der Waals surface area (Å²) in [7, 11) is 0. The summed E-state index contributed by atoms with van der Waals surface area (Å²) >= 11 is 0. The Balaban J connectivity index is 2.35. The number of rotatable bonds is 2. The first-order chi connectivity index (χ1) is 9.17. The van der Waals surface area contributed by atoms with Crippen molar-refractivity contribution in [3.8, 4) is 0 Å². The number of piperidine rings is 1. The van der Waals surface area contributed by atoms with E-state index in [0.717, 1.165) is 12.8 Å². The molecule has 1 heterocycles. The third-order valence-corrected chi connectivity index (χ3v) is 2.81. The van der Waals surface area contributed by atoms with Crippen LogP contribution in [0.1, 0.15) is 40.5 Å². The molecule has 1 rings (SSSR count). The van der Waals surface area contributed by atoms with Crippen molar-refractivity contribution < 1.29 is 14.3 Å². The number of urea groups is 1. The Morgan fingerprint density at radius 3 is 2.25 bits per heavy atom. The highest BCUT2D eigenvalue weighted by atomic mass is 16.6. The molecule has 1 saturated heterocycles. The van der Waals surface area contributed by atoms with E-state index in [1.54, 1.807) is 11.8 Å². The quantitative estimate of drug-likeness (QED) is 0.816. The van der Waals surface area contributed by atoms with Gasteiger partial charge in [-0.15, -0.1) is 0 Å². The molecule has 0 spiro atoms. The highest BCUT2D eigenvalue weighted by molar-refractivity contribution is 5.76. The van der Waals surface area contributed by atoms with Crippen LogP contribution in [-0.4, -0.2) is 41.8 Å². The molecule has 0 bridgehead atoms. The normalized spacial score (nSPS) is 16.5. The maximum absolute atomic E-state index is 11.9. The molecule has 6 heteroatoms. The van der Waals surface area contributed by atoms with Crippen molar-refractivity contribution in [3.05, 3.63) is 12.3 Å². The second-order valence-corrected chi connectivity index (χ2v) is 6.12. The summed E-state index contributed by atoms with van der Waals surface area (Å²) in [5, 5.41) is 5.47. The smallest absolute Gasteiger partial charge is 0.410 e. The van der Waals surface area contributed by atoms with E-state index in [4.69, 9.17) is 4.74 Å². The number of carbonyl (C=O) groups excluding carboxylic acids is 2. The maximum atomic E-state index is 11.9. The third kappa shape index (κ3) is 5.95. The summed E-state index contributed by atoms with van der Waals surface area (Å²) in [4.78, 5) is 25.1. The molecule has 2 N–H and O–H groups in total. The van der Waals surface area contributed by atoms with E-state index in [1.807, 2.05) is 20.8 Å². The van der Waals surface area contributed by atoms with Crippen molar-refractivity contribution in [2.24, 2.45) is 0 Å². The predicted octanol–water partition coefficient (Wildman–Crippen LogP) is 2.22. The van der Waals surface area contributed by atoms with Crippen LogP contribution >= 0.6 is 0 Å². The first-order valence-corrected chi connectivity index (χ1v) is 6.88. The van der Waals surface area contributed by atoms with E-state index >= 15 is 0 Å². The van der Waals surface area contributed by atoms with Gasteiger partial charge in [0, 0.05) is 24.8 Å². The average molecular weight is 283 g/mol. The Bertz CT molecular complexity index is 380. The molecule has 1 aliphatic heterocycles. The molecule has 0 unspecified atom stereocenters. The second-order valence-electron chi connectivity index (χ2n) is 6.12. The Labute approximate surface area is 120 Å². The van der Waals surface area contributed by atoms with Crippen LogP contribution in [0.3, 0.4) is 0 Å². The molecule has 1 aliphatic rings. The fraction of sp³-hybridized carbons (Fsp3) is 0.714. The number of carbonyl (C=O) groups is 2. The van der Waals surface area contributed by atoms with Gasteiger partial charge in [-0.3, -0.25) is 0 Å². The van der Waals surface area contributed by atoms with Gasteiger partial charge >= 0.3 is 12.1 Å². The van der Waals surface area contributed by atoms with Crippen LogP contribution in [0.2, 0.25) is 0 Å². The van der Waals surface area contributed by atoms with Crippen molar-refractivity contribution in [2.75, 3.05) is 13.1 Å². The summed E-state index contributed by atoms with van der Waals surface area (Å²) < 4.78 is 5.32. The molecule has 0 atom stereocenters. The highest BCUT2D eigenvalue weighted by Crippen LogP contribution is 2.15. The fourth-order valence-corrected chi connectivity index (χ4v) is 1.95. The van der Waals surface area contributed by atoms with Crippen LogP contribution < -0.4 is 10.6 Å². The van der Waals surface area contributed by atoms with E-state index in [1.165, 1.54) is 0 Å². The van der Waals surface area contributed by atoms with Gasteiger partial charge in [0.1, 0.15) is 5.60 Å². The van der Waals surface area contributed by atoms with Gasteiger partial charge in [-0.1, -0.05) is 6.58 Å². The van der Waals surface area contributed by atoms with Gasteiger partial charge in [0.25, 0.3) is 0 Å². The molecule has 6 nitrogen and oxygen atoms in total. The number of ether oxygens (including phenoxy) is 1. The van der Waals surface area contributed by atoms with E-state index < -0.39 is 5.60 Å². The molecule has 0 radical (unpaired) electrons. The van der Waals surface area contributed by atoms with Crippen molar-refractivity contribution >= 4 is 12.1 Å². The van der Waals surface area contributed by atoms with Gasteiger partial charge in [-0.25, -0.2) is 9.59 Å². The van der Waals surface area contributed by atoms with Crippen LogP contribution in [0.25, 0.3) is 0 Å². The summed E-state index contributed by atoms with van der Waals surface area (Å²) in [5.74, 6) is 0. The Morgan fingerprint density at radius 2 is 1.80 bits per heavy atom. The minimum atomic E-state index is -0.479. The van der Waals surface area contributed by atoms with Gasteiger partial charge in [0.05, 0.1) is 0 Å². The number of hydrogen-bond acceptors (Lipinski definition) is 3. The summed E-state index contributed by atoms with van der Waals surface area (Å²) in [6.07, 6.45) is 1.16. The second kappa shape index (κ2) is 6.63.